The predicted molar refractivity (Wildman–Crippen MR) is 127 cm³/mol. The molecule has 1 fully saturated rings. The SMILES string of the molecule is CC(C1CCCCN1)n1c(-c2cccc(Oc3cccc(C(F)(F)F)c3)c2)nc2ccccc21. The molecule has 1 aliphatic rings. The highest BCUT2D eigenvalue weighted by molar-refractivity contribution is 5.81. The number of hydrogen-bond acceptors (Lipinski definition) is 3. The molecule has 2 unspecified atom stereocenters. The van der Waals surface area contributed by atoms with E-state index in [4.69, 9.17) is 9.72 Å². The van der Waals surface area contributed by atoms with Crippen molar-refractivity contribution < 1.29 is 17.9 Å². The van der Waals surface area contributed by atoms with Crippen LogP contribution < -0.4 is 10.1 Å². The molecule has 2 heterocycles. The number of nitrogens with one attached hydrogen (secondary N) is 1. The number of ether oxygens (including phenoxy) is 1. The molecule has 0 bridgehead atoms. The molecule has 1 aliphatic heterocycles. The number of nitrogens with zero attached hydrogens (tertiary/aromatic N) is 2. The molecular weight excluding hydrogens is 439 g/mol. The summed E-state index contributed by atoms with van der Waals surface area (Å²) in [4.78, 5) is 4.92. The molecule has 176 valence electrons. The fraction of sp³-hybridized carbons (Fsp3) is 0.296. The molecule has 7 heteroatoms. The van der Waals surface area contributed by atoms with Crippen molar-refractivity contribution >= 4 is 11.0 Å². The minimum Gasteiger partial charge on any atom is -0.457 e. The topological polar surface area (TPSA) is 39.1 Å². The number of alkyl halides is 3. The van der Waals surface area contributed by atoms with Crippen LogP contribution in [0.3, 0.4) is 0 Å². The van der Waals surface area contributed by atoms with Crippen molar-refractivity contribution in [2.75, 3.05) is 6.54 Å². The van der Waals surface area contributed by atoms with Gasteiger partial charge in [0.15, 0.2) is 0 Å². The molecule has 5 rings (SSSR count). The third-order valence-electron chi connectivity index (χ3n) is 6.42. The zero-order valence-corrected chi connectivity index (χ0v) is 18.8. The van der Waals surface area contributed by atoms with Gasteiger partial charge < -0.3 is 14.6 Å². The van der Waals surface area contributed by atoms with E-state index in [-0.39, 0.29) is 11.8 Å². The van der Waals surface area contributed by atoms with Crippen LogP contribution in [-0.4, -0.2) is 22.1 Å². The van der Waals surface area contributed by atoms with Gasteiger partial charge in [-0.1, -0.05) is 36.8 Å². The second-order valence-corrected chi connectivity index (χ2v) is 8.75. The molecule has 0 aliphatic carbocycles. The Morgan fingerprint density at radius 2 is 1.74 bits per heavy atom. The van der Waals surface area contributed by atoms with E-state index in [0.29, 0.717) is 11.8 Å². The van der Waals surface area contributed by atoms with Crippen LogP contribution in [0.2, 0.25) is 0 Å². The van der Waals surface area contributed by atoms with Crippen molar-refractivity contribution in [3.05, 3.63) is 78.4 Å². The zero-order chi connectivity index (χ0) is 23.7. The molecule has 0 amide bonds. The molecular formula is C27H26F3N3O. The molecule has 2 atom stereocenters. The molecule has 0 saturated carbocycles. The van der Waals surface area contributed by atoms with Gasteiger partial charge in [0.05, 0.1) is 16.6 Å². The van der Waals surface area contributed by atoms with E-state index in [0.717, 1.165) is 47.5 Å². The predicted octanol–water partition coefficient (Wildman–Crippen LogP) is 7.22. The maximum absolute atomic E-state index is 13.1. The molecule has 34 heavy (non-hydrogen) atoms. The smallest absolute Gasteiger partial charge is 0.416 e. The molecule has 1 N–H and O–H groups in total. The van der Waals surface area contributed by atoms with Gasteiger partial charge >= 0.3 is 6.18 Å². The summed E-state index contributed by atoms with van der Waals surface area (Å²) in [6.07, 6.45) is -0.929. The fourth-order valence-electron chi connectivity index (χ4n) is 4.70. The van der Waals surface area contributed by atoms with Crippen LogP contribution in [0.4, 0.5) is 13.2 Å². The average molecular weight is 466 g/mol. The van der Waals surface area contributed by atoms with Crippen molar-refractivity contribution in [2.24, 2.45) is 0 Å². The number of hydrogen-bond donors (Lipinski definition) is 1. The normalized spacial score (nSPS) is 17.6. The van der Waals surface area contributed by atoms with Crippen LogP contribution in [0.15, 0.2) is 72.8 Å². The minimum atomic E-state index is -4.42. The third kappa shape index (κ3) is 4.53. The highest BCUT2D eigenvalue weighted by atomic mass is 19.4. The maximum Gasteiger partial charge on any atom is 0.416 e. The number of aromatic nitrogens is 2. The number of benzene rings is 3. The largest absolute Gasteiger partial charge is 0.457 e. The average Bonchev–Trinajstić information content (AvgIpc) is 3.24. The number of fused-ring (bicyclic) bond motifs is 1. The highest BCUT2D eigenvalue weighted by Gasteiger charge is 2.30. The molecule has 1 aromatic heterocycles. The van der Waals surface area contributed by atoms with Gasteiger partial charge in [0.1, 0.15) is 17.3 Å². The molecule has 4 aromatic rings. The maximum atomic E-state index is 13.1. The van der Waals surface area contributed by atoms with E-state index in [1.165, 1.54) is 25.0 Å². The highest BCUT2D eigenvalue weighted by Crippen LogP contribution is 2.35. The number of imidazole rings is 1. The van der Waals surface area contributed by atoms with Gasteiger partial charge in [-0.3, -0.25) is 0 Å². The first-order valence-electron chi connectivity index (χ1n) is 11.6. The Labute approximate surface area is 196 Å². The van der Waals surface area contributed by atoms with Crippen molar-refractivity contribution in [3.63, 3.8) is 0 Å². The van der Waals surface area contributed by atoms with Gasteiger partial charge in [-0.2, -0.15) is 13.2 Å². The van der Waals surface area contributed by atoms with Gasteiger partial charge in [-0.05, 0) is 68.8 Å². The van der Waals surface area contributed by atoms with Crippen LogP contribution in [0.1, 0.15) is 37.8 Å². The Balaban J connectivity index is 1.52. The molecule has 4 nitrogen and oxygen atoms in total. The third-order valence-corrected chi connectivity index (χ3v) is 6.42. The lowest BCUT2D eigenvalue weighted by molar-refractivity contribution is -0.137. The summed E-state index contributed by atoms with van der Waals surface area (Å²) < 4.78 is 47.4. The van der Waals surface area contributed by atoms with Crippen molar-refractivity contribution in [2.45, 2.75) is 44.4 Å². The van der Waals surface area contributed by atoms with Crippen LogP contribution in [0.25, 0.3) is 22.4 Å². The Bertz CT molecular complexity index is 1290. The fourth-order valence-corrected chi connectivity index (χ4v) is 4.70. The van der Waals surface area contributed by atoms with Gasteiger partial charge in [-0.25, -0.2) is 4.98 Å². The van der Waals surface area contributed by atoms with Gasteiger partial charge in [0.2, 0.25) is 0 Å². The van der Waals surface area contributed by atoms with E-state index in [9.17, 15) is 13.2 Å². The summed E-state index contributed by atoms with van der Waals surface area (Å²) in [6, 6.07) is 20.9. The lowest BCUT2D eigenvalue weighted by Gasteiger charge is -2.31. The van der Waals surface area contributed by atoms with Gasteiger partial charge in [-0.15, -0.1) is 0 Å². The summed E-state index contributed by atoms with van der Waals surface area (Å²) >= 11 is 0. The molecule has 3 aromatic carbocycles. The van der Waals surface area contributed by atoms with Gasteiger partial charge in [0.25, 0.3) is 0 Å². The summed E-state index contributed by atoms with van der Waals surface area (Å²) in [5.41, 5.74) is 2.08. The monoisotopic (exact) mass is 465 g/mol. The second kappa shape index (κ2) is 9.14. The summed E-state index contributed by atoms with van der Waals surface area (Å²) in [7, 11) is 0. The first-order valence-corrected chi connectivity index (χ1v) is 11.6. The summed E-state index contributed by atoms with van der Waals surface area (Å²) in [5.74, 6) is 1.41. The Kier molecular flexibility index (Phi) is 6.04. The number of piperidine rings is 1. The zero-order valence-electron chi connectivity index (χ0n) is 18.8. The standard InChI is InChI=1S/C27H26F3N3O/c1-18(23-12-4-5-15-31-23)33-25-14-3-2-13-24(25)32-26(33)19-8-6-10-21(16-19)34-22-11-7-9-20(17-22)27(28,29)30/h2-3,6-11,13-14,16-18,23,31H,4-5,12,15H2,1H3. The molecule has 0 spiro atoms. The van der Waals surface area contributed by atoms with Crippen LogP contribution in [0, 0.1) is 0 Å². The summed E-state index contributed by atoms with van der Waals surface area (Å²) in [5, 5.41) is 3.65. The number of para-hydroxylation sites is 2. The van der Waals surface area contributed by atoms with Gasteiger partial charge in [0, 0.05) is 17.6 Å². The first-order chi connectivity index (χ1) is 16.4. The van der Waals surface area contributed by atoms with E-state index in [1.807, 2.05) is 36.4 Å². The van der Waals surface area contributed by atoms with Crippen molar-refractivity contribution in [3.8, 4) is 22.9 Å². The minimum absolute atomic E-state index is 0.139. The van der Waals surface area contributed by atoms with E-state index in [2.05, 4.69) is 22.9 Å². The first kappa shape index (κ1) is 22.5. The van der Waals surface area contributed by atoms with Crippen molar-refractivity contribution in [1.82, 2.24) is 14.9 Å². The van der Waals surface area contributed by atoms with E-state index in [1.54, 1.807) is 6.07 Å². The Morgan fingerprint density at radius 1 is 0.971 bits per heavy atom. The second-order valence-electron chi connectivity index (χ2n) is 8.75. The Morgan fingerprint density at radius 3 is 2.50 bits per heavy atom. The quantitative estimate of drug-likeness (QED) is 0.338. The van der Waals surface area contributed by atoms with E-state index >= 15 is 0 Å². The lowest BCUT2D eigenvalue weighted by atomic mass is 9.98. The van der Waals surface area contributed by atoms with Crippen LogP contribution >= 0.6 is 0 Å². The van der Waals surface area contributed by atoms with E-state index < -0.39 is 11.7 Å². The number of halogens is 3. The van der Waals surface area contributed by atoms with Crippen LogP contribution in [0.5, 0.6) is 11.5 Å². The molecule has 1 saturated heterocycles. The summed E-state index contributed by atoms with van der Waals surface area (Å²) in [6.45, 7) is 3.22. The lowest BCUT2D eigenvalue weighted by Crippen LogP contribution is -2.40. The van der Waals surface area contributed by atoms with Crippen LogP contribution in [-0.2, 0) is 6.18 Å². The molecule has 0 radical (unpaired) electrons. The Hall–Kier alpha value is -3.32. The van der Waals surface area contributed by atoms with Crippen molar-refractivity contribution in [1.29, 1.82) is 0 Å². The number of rotatable bonds is 5.